The number of carbonyl (C=O) groups is 2. The second-order valence-corrected chi connectivity index (χ2v) is 10.1. The summed E-state index contributed by atoms with van der Waals surface area (Å²) < 4.78 is 6.00. The van der Waals surface area contributed by atoms with Crippen LogP contribution in [0.4, 0.5) is 0 Å². The summed E-state index contributed by atoms with van der Waals surface area (Å²) in [7, 11) is 0. The molecule has 7 heteroatoms. The van der Waals surface area contributed by atoms with Gasteiger partial charge in [-0.2, -0.15) is 0 Å². The Morgan fingerprint density at radius 3 is 2.53 bits per heavy atom. The van der Waals surface area contributed by atoms with Crippen LogP contribution < -0.4 is 10.1 Å². The second kappa shape index (κ2) is 12.5. The van der Waals surface area contributed by atoms with Crippen LogP contribution in [-0.2, 0) is 16.1 Å². The van der Waals surface area contributed by atoms with E-state index in [0.29, 0.717) is 22.2 Å². The van der Waals surface area contributed by atoms with E-state index in [0.717, 1.165) is 42.0 Å². The van der Waals surface area contributed by atoms with E-state index in [1.165, 1.54) is 6.42 Å². The van der Waals surface area contributed by atoms with E-state index in [4.69, 9.17) is 27.9 Å². The predicted molar refractivity (Wildman–Crippen MR) is 146 cm³/mol. The maximum Gasteiger partial charge on any atom is 0.261 e. The van der Waals surface area contributed by atoms with Crippen molar-refractivity contribution < 1.29 is 14.3 Å². The molecule has 0 radical (unpaired) electrons. The first kappa shape index (κ1) is 26.3. The monoisotopic (exact) mass is 526 g/mol. The number of amides is 2. The van der Waals surface area contributed by atoms with Gasteiger partial charge >= 0.3 is 0 Å². The average Bonchev–Trinajstić information content (AvgIpc) is 2.89. The molecule has 2 amide bonds. The van der Waals surface area contributed by atoms with Crippen molar-refractivity contribution in [2.75, 3.05) is 6.61 Å². The van der Waals surface area contributed by atoms with Gasteiger partial charge in [0.05, 0.1) is 0 Å². The van der Waals surface area contributed by atoms with Crippen molar-refractivity contribution in [3.8, 4) is 5.75 Å². The maximum absolute atomic E-state index is 13.6. The zero-order chi connectivity index (χ0) is 25.5. The van der Waals surface area contributed by atoms with Crippen LogP contribution in [0.5, 0.6) is 5.75 Å². The lowest BCUT2D eigenvalue weighted by Gasteiger charge is -2.33. The smallest absolute Gasteiger partial charge is 0.261 e. The third kappa shape index (κ3) is 6.51. The molecule has 0 unspecified atom stereocenters. The molecule has 0 spiro atoms. The summed E-state index contributed by atoms with van der Waals surface area (Å²) in [4.78, 5) is 28.5. The van der Waals surface area contributed by atoms with Crippen LogP contribution in [0.15, 0.2) is 60.7 Å². The van der Waals surface area contributed by atoms with E-state index in [1.54, 1.807) is 23.1 Å². The molecule has 3 aromatic carbocycles. The summed E-state index contributed by atoms with van der Waals surface area (Å²) in [5.41, 5.74) is 0.725. The minimum absolute atomic E-state index is 0.131. The van der Waals surface area contributed by atoms with Crippen molar-refractivity contribution in [1.29, 1.82) is 0 Å². The van der Waals surface area contributed by atoms with Gasteiger partial charge in [0, 0.05) is 28.0 Å². The molecule has 36 heavy (non-hydrogen) atoms. The van der Waals surface area contributed by atoms with Gasteiger partial charge in [-0.05, 0) is 48.4 Å². The summed E-state index contributed by atoms with van der Waals surface area (Å²) in [6.45, 7) is 1.91. The number of nitrogens with one attached hydrogen (secondary N) is 1. The zero-order valence-electron chi connectivity index (χ0n) is 20.5. The third-order valence-electron chi connectivity index (χ3n) is 6.79. The Bertz CT molecular complexity index is 1200. The van der Waals surface area contributed by atoms with Crippen LogP contribution in [0, 0.1) is 0 Å². The molecular weight excluding hydrogens is 495 g/mol. The van der Waals surface area contributed by atoms with Gasteiger partial charge < -0.3 is 15.0 Å². The fourth-order valence-electron chi connectivity index (χ4n) is 4.84. The average molecular weight is 527 g/mol. The lowest BCUT2D eigenvalue weighted by molar-refractivity contribution is -0.143. The number of halogens is 2. The number of carbonyl (C=O) groups excluding carboxylic acids is 2. The zero-order valence-corrected chi connectivity index (χ0v) is 22.0. The topological polar surface area (TPSA) is 58.6 Å². The Labute approximate surface area is 222 Å². The number of nitrogens with zero attached hydrogens (tertiary/aromatic N) is 1. The fraction of sp³-hybridized carbons (Fsp3) is 0.379. The van der Waals surface area contributed by atoms with Crippen molar-refractivity contribution in [3.63, 3.8) is 0 Å². The molecule has 1 saturated carbocycles. The van der Waals surface area contributed by atoms with E-state index >= 15 is 0 Å². The molecule has 5 nitrogen and oxygen atoms in total. The van der Waals surface area contributed by atoms with Gasteiger partial charge in [-0.25, -0.2) is 0 Å². The number of hydrogen-bond acceptors (Lipinski definition) is 3. The summed E-state index contributed by atoms with van der Waals surface area (Å²) in [6, 6.07) is 18.3. The van der Waals surface area contributed by atoms with Crippen molar-refractivity contribution in [1.82, 2.24) is 10.2 Å². The molecule has 1 N–H and O–H groups in total. The lowest BCUT2D eigenvalue weighted by Crippen LogP contribution is -2.52. The SMILES string of the molecule is CC[C@@H](C(=O)NC1CCCCC1)N(Cc1ccc(Cl)cc1Cl)C(=O)COc1cccc2ccccc12. The standard InChI is InChI=1S/C29H32Cl2N2O3/c1-2-26(29(35)32-23-11-4-3-5-12-23)33(18-21-15-16-22(30)17-25(21)31)28(34)19-36-27-14-8-10-20-9-6-7-13-24(20)27/h6-10,13-17,23,26H,2-5,11-12,18-19H2,1H3,(H,32,35)/t26-/m0/s1. The highest BCUT2D eigenvalue weighted by Gasteiger charge is 2.31. The van der Waals surface area contributed by atoms with E-state index in [2.05, 4.69) is 5.32 Å². The highest BCUT2D eigenvalue weighted by molar-refractivity contribution is 6.35. The van der Waals surface area contributed by atoms with Gasteiger partial charge in [-0.1, -0.05) is 91.9 Å². The number of hydrogen-bond donors (Lipinski definition) is 1. The Balaban J connectivity index is 1.55. The van der Waals surface area contributed by atoms with Gasteiger partial charge in [-0.15, -0.1) is 0 Å². The Hall–Kier alpha value is -2.76. The van der Waals surface area contributed by atoms with E-state index < -0.39 is 6.04 Å². The molecule has 0 saturated heterocycles. The Morgan fingerprint density at radius 1 is 1.03 bits per heavy atom. The van der Waals surface area contributed by atoms with E-state index in [1.807, 2.05) is 49.4 Å². The van der Waals surface area contributed by atoms with Gasteiger partial charge in [-0.3, -0.25) is 9.59 Å². The Kier molecular flexibility index (Phi) is 9.11. The quantitative estimate of drug-likeness (QED) is 0.334. The van der Waals surface area contributed by atoms with Crippen LogP contribution in [0.1, 0.15) is 51.0 Å². The maximum atomic E-state index is 13.6. The summed E-state index contributed by atoms with van der Waals surface area (Å²) >= 11 is 12.5. The molecule has 0 aromatic heterocycles. The van der Waals surface area contributed by atoms with Crippen LogP contribution in [0.3, 0.4) is 0 Å². The van der Waals surface area contributed by atoms with Gasteiger partial charge in [0.1, 0.15) is 11.8 Å². The molecule has 4 rings (SSSR count). The molecule has 0 heterocycles. The summed E-state index contributed by atoms with van der Waals surface area (Å²) in [5, 5.41) is 6.12. The van der Waals surface area contributed by atoms with Crippen LogP contribution in [-0.4, -0.2) is 35.4 Å². The fourth-order valence-corrected chi connectivity index (χ4v) is 5.31. The molecule has 0 aliphatic heterocycles. The number of ether oxygens (including phenoxy) is 1. The highest BCUT2D eigenvalue weighted by Crippen LogP contribution is 2.27. The number of rotatable bonds is 9. The van der Waals surface area contributed by atoms with E-state index in [-0.39, 0.29) is 31.0 Å². The minimum atomic E-state index is -0.637. The lowest BCUT2D eigenvalue weighted by atomic mass is 9.95. The molecule has 190 valence electrons. The van der Waals surface area contributed by atoms with Crippen molar-refractivity contribution in [2.45, 2.75) is 64.1 Å². The molecule has 1 aliphatic carbocycles. The molecule has 3 aromatic rings. The number of benzene rings is 3. The van der Waals surface area contributed by atoms with E-state index in [9.17, 15) is 9.59 Å². The summed E-state index contributed by atoms with van der Waals surface area (Å²) in [5.74, 6) is 0.221. The largest absolute Gasteiger partial charge is 0.483 e. The predicted octanol–water partition coefficient (Wildman–Crippen LogP) is 6.78. The molecule has 0 bridgehead atoms. The first-order valence-electron chi connectivity index (χ1n) is 12.6. The first-order valence-corrected chi connectivity index (χ1v) is 13.4. The van der Waals surface area contributed by atoms with Gasteiger partial charge in [0.25, 0.3) is 5.91 Å². The first-order chi connectivity index (χ1) is 17.5. The van der Waals surface area contributed by atoms with Gasteiger partial charge in [0.15, 0.2) is 6.61 Å². The van der Waals surface area contributed by atoms with Crippen LogP contribution >= 0.6 is 23.2 Å². The Morgan fingerprint density at radius 2 is 1.78 bits per heavy atom. The molecule has 1 fully saturated rings. The highest BCUT2D eigenvalue weighted by atomic mass is 35.5. The second-order valence-electron chi connectivity index (χ2n) is 9.29. The third-order valence-corrected chi connectivity index (χ3v) is 7.38. The van der Waals surface area contributed by atoms with Crippen LogP contribution in [0.25, 0.3) is 10.8 Å². The van der Waals surface area contributed by atoms with Crippen molar-refractivity contribution in [2.24, 2.45) is 0 Å². The molecule has 1 atom stereocenters. The molecular formula is C29H32Cl2N2O3. The number of fused-ring (bicyclic) bond motifs is 1. The molecule has 1 aliphatic rings. The normalized spacial score (nSPS) is 14.9. The minimum Gasteiger partial charge on any atom is -0.483 e. The van der Waals surface area contributed by atoms with Crippen LogP contribution in [0.2, 0.25) is 10.0 Å². The van der Waals surface area contributed by atoms with Crippen molar-refractivity contribution in [3.05, 3.63) is 76.3 Å². The van der Waals surface area contributed by atoms with Gasteiger partial charge in [0.2, 0.25) is 5.91 Å². The van der Waals surface area contributed by atoms with Crippen molar-refractivity contribution >= 4 is 45.8 Å². The summed E-state index contributed by atoms with van der Waals surface area (Å²) in [6.07, 6.45) is 5.86.